The van der Waals surface area contributed by atoms with Crippen LogP contribution in [0.15, 0.2) is 59.0 Å². The summed E-state index contributed by atoms with van der Waals surface area (Å²) in [6, 6.07) is 17.0. The Morgan fingerprint density at radius 3 is 2.36 bits per heavy atom. The molecule has 3 aromatic rings. The van der Waals surface area contributed by atoms with E-state index in [1.165, 1.54) is 0 Å². The highest BCUT2D eigenvalue weighted by atomic mass is 32.2. The molecule has 1 unspecified atom stereocenters. The summed E-state index contributed by atoms with van der Waals surface area (Å²) < 4.78 is 45.1. The van der Waals surface area contributed by atoms with Crippen LogP contribution in [-0.4, -0.2) is 37.6 Å². The molecule has 1 aromatic heterocycles. The first-order chi connectivity index (χ1) is 16.9. The third-order valence-corrected chi connectivity index (χ3v) is 5.46. The lowest BCUT2D eigenvalue weighted by Gasteiger charge is -2.23. The first-order valence-corrected chi connectivity index (χ1v) is 13.3. The number of rotatable bonds is 10. The van der Waals surface area contributed by atoms with E-state index in [-0.39, 0.29) is 13.0 Å². The summed E-state index contributed by atoms with van der Waals surface area (Å²) in [7, 11) is -3.78. The monoisotopic (exact) mass is 516 g/mol. The average molecular weight is 517 g/mol. The van der Waals surface area contributed by atoms with Gasteiger partial charge in [-0.2, -0.15) is 8.42 Å². The van der Waals surface area contributed by atoms with Crippen molar-refractivity contribution in [3.63, 3.8) is 0 Å². The molecule has 2 aromatic carbocycles. The number of aromatic nitrogens is 1. The molecule has 0 spiro atoms. The van der Waals surface area contributed by atoms with E-state index in [0.717, 1.165) is 17.4 Å². The molecule has 0 aliphatic rings. The lowest BCUT2D eigenvalue weighted by molar-refractivity contribution is 0.0395. The van der Waals surface area contributed by atoms with E-state index in [9.17, 15) is 13.2 Å². The minimum absolute atomic E-state index is 0.229. The van der Waals surface area contributed by atoms with Gasteiger partial charge in [-0.15, -0.1) is 0 Å². The number of oxazole rings is 1. The van der Waals surface area contributed by atoms with Gasteiger partial charge in [0.15, 0.2) is 6.23 Å². The number of aryl methyl sites for hydroxylation is 2. The van der Waals surface area contributed by atoms with Gasteiger partial charge in [-0.3, -0.25) is 5.32 Å². The SMILES string of the molecule is Cc1oc(-c2ccccc2)nc1COc1ccc(CCC(NC(=O)OC(C)(C)C)OS(C)(=O)=O)cc1. The third-order valence-electron chi connectivity index (χ3n) is 4.88. The fourth-order valence-electron chi connectivity index (χ4n) is 3.26. The van der Waals surface area contributed by atoms with Crippen molar-refractivity contribution in [2.24, 2.45) is 0 Å². The Hall–Kier alpha value is -3.37. The van der Waals surface area contributed by atoms with Crippen LogP contribution in [0.2, 0.25) is 0 Å². The van der Waals surface area contributed by atoms with Crippen LogP contribution in [0.4, 0.5) is 4.79 Å². The molecule has 0 saturated carbocycles. The van der Waals surface area contributed by atoms with Gasteiger partial charge in [-0.05, 0) is 70.4 Å². The molecule has 0 fully saturated rings. The summed E-state index contributed by atoms with van der Waals surface area (Å²) in [6.07, 6.45) is -0.188. The second kappa shape index (κ2) is 11.6. The van der Waals surface area contributed by atoms with Gasteiger partial charge in [0.05, 0.1) is 6.26 Å². The number of amides is 1. The van der Waals surface area contributed by atoms with Crippen LogP contribution >= 0.6 is 0 Å². The van der Waals surface area contributed by atoms with E-state index in [4.69, 9.17) is 18.1 Å². The van der Waals surface area contributed by atoms with Gasteiger partial charge < -0.3 is 13.9 Å². The predicted octanol–water partition coefficient (Wildman–Crippen LogP) is 4.99. The highest BCUT2D eigenvalue weighted by Gasteiger charge is 2.22. The highest BCUT2D eigenvalue weighted by molar-refractivity contribution is 7.86. The topological polar surface area (TPSA) is 117 Å². The van der Waals surface area contributed by atoms with Crippen LogP contribution in [0.25, 0.3) is 11.5 Å². The van der Waals surface area contributed by atoms with Gasteiger partial charge in [0, 0.05) is 5.56 Å². The summed E-state index contributed by atoms with van der Waals surface area (Å²) in [6.45, 7) is 7.26. The smallest absolute Gasteiger partial charge is 0.409 e. The van der Waals surface area contributed by atoms with E-state index in [0.29, 0.717) is 29.5 Å². The Labute approximate surface area is 211 Å². The summed E-state index contributed by atoms with van der Waals surface area (Å²) in [5.74, 6) is 1.89. The fraction of sp³-hybridized carbons (Fsp3) is 0.385. The molecule has 1 heterocycles. The van der Waals surface area contributed by atoms with E-state index >= 15 is 0 Å². The van der Waals surface area contributed by atoms with E-state index in [1.54, 1.807) is 20.8 Å². The summed E-state index contributed by atoms with van der Waals surface area (Å²) in [5.41, 5.74) is 1.81. The molecule has 0 saturated heterocycles. The van der Waals surface area contributed by atoms with Gasteiger partial charge in [-0.1, -0.05) is 30.3 Å². The van der Waals surface area contributed by atoms with Crippen LogP contribution in [0.1, 0.15) is 44.2 Å². The predicted molar refractivity (Wildman–Crippen MR) is 135 cm³/mol. The number of carbonyl (C=O) groups excluding carboxylic acids is 1. The van der Waals surface area contributed by atoms with E-state index in [1.807, 2.05) is 61.5 Å². The molecular formula is C26H32N2O7S. The van der Waals surface area contributed by atoms with Crippen LogP contribution in [0.3, 0.4) is 0 Å². The van der Waals surface area contributed by atoms with Crippen LogP contribution < -0.4 is 10.1 Å². The summed E-state index contributed by atoms with van der Waals surface area (Å²) in [5, 5.41) is 2.47. The molecule has 1 atom stereocenters. The molecule has 0 radical (unpaired) electrons. The van der Waals surface area contributed by atoms with Gasteiger partial charge in [0.1, 0.15) is 29.4 Å². The maximum absolute atomic E-state index is 12.1. The Kier molecular flexibility index (Phi) is 8.75. The van der Waals surface area contributed by atoms with Crippen LogP contribution in [0, 0.1) is 6.92 Å². The molecule has 0 aliphatic carbocycles. The Bertz CT molecular complexity index is 1250. The number of nitrogens with zero attached hydrogens (tertiary/aromatic N) is 1. The van der Waals surface area contributed by atoms with Crippen molar-refractivity contribution in [1.29, 1.82) is 0 Å². The standard InChI is InChI=1S/C26H32N2O7S/c1-18-22(27-24(33-18)20-9-7-6-8-10-20)17-32-21-14-11-19(12-15-21)13-16-23(35-36(5,30)31)28-25(29)34-26(2,3)4/h6-12,14-15,23H,13,16-17H2,1-5H3,(H,28,29). The van der Waals surface area contributed by atoms with Crippen molar-refractivity contribution in [3.8, 4) is 17.2 Å². The first-order valence-electron chi connectivity index (χ1n) is 11.5. The van der Waals surface area contributed by atoms with Crippen LogP contribution in [0.5, 0.6) is 5.75 Å². The van der Waals surface area contributed by atoms with Gasteiger partial charge >= 0.3 is 6.09 Å². The normalized spacial score (nSPS) is 12.7. The van der Waals surface area contributed by atoms with Gasteiger partial charge in [-0.25, -0.2) is 14.0 Å². The summed E-state index contributed by atoms with van der Waals surface area (Å²) >= 11 is 0. The largest absolute Gasteiger partial charge is 0.487 e. The van der Waals surface area contributed by atoms with E-state index in [2.05, 4.69) is 10.3 Å². The van der Waals surface area contributed by atoms with Crippen molar-refractivity contribution in [3.05, 3.63) is 71.6 Å². The number of nitrogens with one attached hydrogen (secondary N) is 1. The molecule has 9 nitrogen and oxygen atoms in total. The minimum Gasteiger partial charge on any atom is -0.487 e. The van der Waals surface area contributed by atoms with Crippen molar-refractivity contribution < 1.29 is 31.3 Å². The fourth-order valence-corrected chi connectivity index (χ4v) is 3.83. The van der Waals surface area contributed by atoms with Crippen molar-refractivity contribution in [1.82, 2.24) is 10.3 Å². The zero-order valence-corrected chi connectivity index (χ0v) is 21.9. The lowest BCUT2D eigenvalue weighted by Crippen LogP contribution is -2.41. The molecule has 1 amide bonds. The Morgan fingerprint density at radius 2 is 1.75 bits per heavy atom. The van der Waals surface area contributed by atoms with Gasteiger partial charge in [0.25, 0.3) is 10.1 Å². The number of alkyl carbamates (subject to hydrolysis) is 1. The molecule has 0 aliphatic heterocycles. The zero-order valence-electron chi connectivity index (χ0n) is 21.1. The molecule has 194 valence electrons. The molecule has 0 bridgehead atoms. The zero-order chi connectivity index (χ0) is 26.3. The molecular weight excluding hydrogens is 484 g/mol. The summed E-state index contributed by atoms with van der Waals surface area (Å²) in [4.78, 5) is 16.6. The quantitative estimate of drug-likeness (QED) is 0.296. The third kappa shape index (κ3) is 9.01. The van der Waals surface area contributed by atoms with Crippen LogP contribution in [-0.2, 0) is 32.1 Å². The first kappa shape index (κ1) is 27.2. The molecule has 10 heteroatoms. The number of benzene rings is 2. The Balaban J connectivity index is 1.56. The van der Waals surface area contributed by atoms with Crippen molar-refractivity contribution in [2.75, 3.05) is 6.26 Å². The lowest BCUT2D eigenvalue weighted by atomic mass is 10.1. The van der Waals surface area contributed by atoms with Gasteiger partial charge in [0.2, 0.25) is 5.89 Å². The molecule has 3 rings (SSSR count). The van der Waals surface area contributed by atoms with Crippen molar-refractivity contribution >= 4 is 16.2 Å². The number of carbonyl (C=O) groups is 1. The number of hydrogen-bond donors (Lipinski definition) is 1. The number of ether oxygens (including phenoxy) is 2. The maximum atomic E-state index is 12.1. The second-order valence-corrected chi connectivity index (χ2v) is 10.9. The second-order valence-electron chi connectivity index (χ2n) is 9.29. The van der Waals surface area contributed by atoms with E-state index < -0.39 is 28.0 Å². The maximum Gasteiger partial charge on any atom is 0.409 e. The highest BCUT2D eigenvalue weighted by Crippen LogP contribution is 2.23. The molecule has 1 N–H and O–H groups in total. The Morgan fingerprint density at radius 1 is 1.08 bits per heavy atom. The van der Waals surface area contributed by atoms with Crippen molar-refractivity contribution in [2.45, 2.75) is 59.0 Å². The molecule has 36 heavy (non-hydrogen) atoms. The minimum atomic E-state index is -3.78. The average Bonchev–Trinajstić information content (AvgIpc) is 3.15. The number of hydrogen-bond acceptors (Lipinski definition) is 8.